The molecule has 16 heavy (non-hydrogen) atoms. The smallest absolute Gasteiger partial charge is 0.131 e. The topological polar surface area (TPSA) is 58.5 Å². The van der Waals surface area contributed by atoms with Crippen molar-refractivity contribution in [3.8, 4) is 0 Å². The number of aryl methyl sites for hydroxylation is 1. The van der Waals surface area contributed by atoms with Crippen LogP contribution in [0.4, 0.5) is 5.82 Å². The van der Waals surface area contributed by atoms with Crippen molar-refractivity contribution in [3.05, 3.63) is 35.8 Å². The minimum Gasteiger partial charge on any atom is -0.371 e. The first-order valence-corrected chi connectivity index (χ1v) is 5.50. The quantitative estimate of drug-likeness (QED) is 0.613. The first-order chi connectivity index (χ1) is 7.84. The maximum atomic E-state index is 4.96. The van der Waals surface area contributed by atoms with Gasteiger partial charge in [-0.05, 0) is 6.42 Å². The van der Waals surface area contributed by atoms with E-state index in [4.69, 9.17) is 12.2 Å². The van der Waals surface area contributed by atoms with E-state index in [1.807, 2.05) is 18.6 Å². The summed E-state index contributed by atoms with van der Waals surface area (Å²) in [6, 6.07) is 1.81. The second kappa shape index (κ2) is 5.41. The van der Waals surface area contributed by atoms with E-state index in [1.54, 1.807) is 12.5 Å². The third kappa shape index (κ3) is 3.16. The van der Waals surface area contributed by atoms with Crippen molar-refractivity contribution in [1.29, 1.82) is 0 Å². The molecular formula is C10H13N5S. The highest BCUT2D eigenvalue weighted by atomic mass is 32.1. The Hall–Kier alpha value is -1.69. The Balaban J connectivity index is 1.74. The molecule has 0 aliphatic carbocycles. The predicted molar refractivity (Wildman–Crippen MR) is 64.8 cm³/mol. The summed E-state index contributed by atoms with van der Waals surface area (Å²) < 4.78 is 2.65. The summed E-state index contributed by atoms with van der Waals surface area (Å²) in [6.07, 6.45) is 8.19. The van der Waals surface area contributed by atoms with Gasteiger partial charge in [0.1, 0.15) is 10.5 Å². The van der Waals surface area contributed by atoms with E-state index in [9.17, 15) is 0 Å². The average molecular weight is 235 g/mol. The van der Waals surface area contributed by atoms with Crippen LogP contribution in [0.5, 0.6) is 0 Å². The minimum absolute atomic E-state index is 0.593. The molecule has 0 amide bonds. The molecule has 2 heterocycles. The third-order valence-electron chi connectivity index (χ3n) is 2.15. The normalized spacial score (nSPS) is 10.2. The van der Waals surface area contributed by atoms with Gasteiger partial charge in [-0.2, -0.15) is 0 Å². The molecule has 2 aromatic rings. The third-order valence-corrected chi connectivity index (χ3v) is 2.37. The molecule has 2 N–H and O–H groups in total. The van der Waals surface area contributed by atoms with Gasteiger partial charge >= 0.3 is 0 Å². The van der Waals surface area contributed by atoms with Crippen LogP contribution in [-0.2, 0) is 6.54 Å². The molecule has 0 aliphatic heterocycles. The molecule has 5 nitrogen and oxygen atoms in total. The van der Waals surface area contributed by atoms with Gasteiger partial charge in [-0.15, -0.1) is 0 Å². The van der Waals surface area contributed by atoms with E-state index in [0.717, 1.165) is 25.3 Å². The van der Waals surface area contributed by atoms with Crippen LogP contribution in [0.1, 0.15) is 6.42 Å². The van der Waals surface area contributed by atoms with Gasteiger partial charge in [-0.25, -0.2) is 9.97 Å². The summed E-state index contributed by atoms with van der Waals surface area (Å²) in [4.78, 5) is 10.9. The molecule has 0 unspecified atom stereocenters. The Morgan fingerprint density at radius 2 is 2.44 bits per heavy atom. The number of aromatic nitrogens is 4. The zero-order valence-electron chi connectivity index (χ0n) is 8.76. The van der Waals surface area contributed by atoms with Gasteiger partial charge in [0.15, 0.2) is 0 Å². The Kier molecular flexibility index (Phi) is 3.66. The summed E-state index contributed by atoms with van der Waals surface area (Å²) in [6.45, 7) is 1.84. The van der Waals surface area contributed by atoms with Crippen LogP contribution < -0.4 is 5.32 Å². The molecule has 0 saturated heterocycles. The van der Waals surface area contributed by atoms with Gasteiger partial charge in [0.05, 0.1) is 12.7 Å². The van der Waals surface area contributed by atoms with Gasteiger partial charge in [0.2, 0.25) is 0 Å². The molecule has 2 aromatic heterocycles. The van der Waals surface area contributed by atoms with Crippen LogP contribution in [0.25, 0.3) is 0 Å². The maximum absolute atomic E-state index is 4.96. The standard InChI is InChI=1S/C10H13N5S/c16-10-6-9(13-7-14-10)12-2-1-4-15-5-3-11-8-15/h3,5-8H,1-2,4H2,(H2,12,13,14,16). The van der Waals surface area contributed by atoms with Gasteiger partial charge in [-0.1, -0.05) is 12.2 Å². The molecule has 2 rings (SSSR count). The van der Waals surface area contributed by atoms with Crippen molar-refractivity contribution in [3.63, 3.8) is 0 Å². The number of hydrogen-bond donors (Lipinski definition) is 2. The molecule has 84 valence electrons. The van der Waals surface area contributed by atoms with Crippen molar-refractivity contribution in [1.82, 2.24) is 19.5 Å². The summed E-state index contributed by atoms with van der Waals surface area (Å²) in [5.74, 6) is 0.908. The monoisotopic (exact) mass is 235 g/mol. The molecular weight excluding hydrogens is 222 g/mol. The summed E-state index contributed by atoms with van der Waals surface area (Å²) in [5, 5.41) is 3.25. The summed E-state index contributed by atoms with van der Waals surface area (Å²) >= 11 is 4.96. The van der Waals surface area contributed by atoms with Crippen molar-refractivity contribution in [2.75, 3.05) is 11.9 Å². The number of hydrogen-bond acceptors (Lipinski definition) is 4. The van der Waals surface area contributed by atoms with Crippen LogP contribution in [0, 0.1) is 4.64 Å². The van der Waals surface area contributed by atoms with Crippen LogP contribution in [0.15, 0.2) is 31.1 Å². The number of nitrogens with zero attached hydrogens (tertiary/aromatic N) is 3. The van der Waals surface area contributed by atoms with Gasteiger partial charge in [0.25, 0.3) is 0 Å². The zero-order chi connectivity index (χ0) is 11.2. The Labute approximate surface area is 98.6 Å². The van der Waals surface area contributed by atoms with E-state index >= 15 is 0 Å². The molecule has 6 heteroatoms. The summed E-state index contributed by atoms with van der Waals surface area (Å²) in [7, 11) is 0. The van der Waals surface area contributed by atoms with Crippen molar-refractivity contribution in [2.24, 2.45) is 0 Å². The van der Waals surface area contributed by atoms with E-state index in [-0.39, 0.29) is 0 Å². The van der Waals surface area contributed by atoms with Crippen LogP contribution >= 0.6 is 12.2 Å². The lowest BCUT2D eigenvalue weighted by Gasteiger charge is -2.06. The Bertz CT molecular complexity index is 476. The fourth-order valence-electron chi connectivity index (χ4n) is 1.37. The molecule has 0 bridgehead atoms. The first kappa shape index (κ1) is 10.8. The number of aromatic amines is 1. The van der Waals surface area contributed by atoms with Crippen LogP contribution in [0.3, 0.4) is 0 Å². The molecule has 0 aromatic carbocycles. The molecule has 0 aliphatic rings. The fourth-order valence-corrected chi connectivity index (χ4v) is 1.54. The minimum atomic E-state index is 0.593. The van der Waals surface area contributed by atoms with Crippen molar-refractivity contribution in [2.45, 2.75) is 13.0 Å². The SMILES string of the molecule is S=c1cc(NCCCn2ccnc2)[nH]cn1. The van der Waals surface area contributed by atoms with E-state index in [0.29, 0.717) is 4.64 Å². The fraction of sp³-hybridized carbons (Fsp3) is 0.300. The molecule has 0 fully saturated rings. The number of anilines is 1. The highest BCUT2D eigenvalue weighted by Crippen LogP contribution is 2.00. The highest BCUT2D eigenvalue weighted by Gasteiger charge is 1.92. The average Bonchev–Trinajstić information content (AvgIpc) is 2.77. The van der Waals surface area contributed by atoms with E-state index in [2.05, 4.69) is 24.8 Å². The van der Waals surface area contributed by atoms with Gasteiger partial charge in [0, 0.05) is 31.5 Å². The lowest BCUT2D eigenvalue weighted by molar-refractivity contribution is 0.660. The first-order valence-electron chi connectivity index (χ1n) is 5.09. The number of rotatable bonds is 5. The van der Waals surface area contributed by atoms with E-state index < -0.39 is 0 Å². The molecule has 0 radical (unpaired) electrons. The maximum Gasteiger partial charge on any atom is 0.131 e. The second-order valence-electron chi connectivity index (χ2n) is 3.38. The Morgan fingerprint density at radius 3 is 3.19 bits per heavy atom. The van der Waals surface area contributed by atoms with E-state index in [1.165, 1.54) is 0 Å². The lowest BCUT2D eigenvalue weighted by Crippen LogP contribution is -2.06. The number of nitrogens with one attached hydrogen (secondary N) is 2. The van der Waals surface area contributed by atoms with Crippen molar-refractivity contribution < 1.29 is 0 Å². The molecule has 0 spiro atoms. The van der Waals surface area contributed by atoms with Crippen LogP contribution in [-0.4, -0.2) is 26.1 Å². The second-order valence-corrected chi connectivity index (χ2v) is 3.80. The van der Waals surface area contributed by atoms with Crippen molar-refractivity contribution >= 4 is 18.0 Å². The van der Waals surface area contributed by atoms with Crippen LogP contribution in [0.2, 0.25) is 0 Å². The number of imidazole rings is 1. The molecule has 0 atom stereocenters. The summed E-state index contributed by atoms with van der Waals surface area (Å²) in [5.41, 5.74) is 0. The predicted octanol–water partition coefficient (Wildman–Crippen LogP) is 1.84. The molecule has 0 saturated carbocycles. The van der Waals surface area contributed by atoms with Gasteiger partial charge in [-0.3, -0.25) is 0 Å². The number of H-pyrrole nitrogens is 1. The zero-order valence-corrected chi connectivity index (χ0v) is 9.57. The van der Waals surface area contributed by atoms with Gasteiger partial charge < -0.3 is 14.9 Å². The lowest BCUT2D eigenvalue weighted by atomic mass is 10.4. The largest absolute Gasteiger partial charge is 0.371 e. The highest BCUT2D eigenvalue weighted by molar-refractivity contribution is 7.71. The Morgan fingerprint density at radius 1 is 1.50 bits per heavy atom.